The third kappa shape index (κ3) is 5.69. The van der Waals surface area contributed by atoms with E-state index >= 15 is 0 Å². The number of hydrogen-bond donors (Lipinski definition) is 1. The molecule has 0 aliphatic rings. The molecule has 1 aromatic rings. The van der Waals surface area contributed by atoms with Gasteiger partial charge in [0, 0.05) is 10.6 Å². The molecule has 9 heteroatoms. The zero-order chi connectivity index (χ0) is 13.8. The van der Waals surface area contributed by atoms with E-state index in [-0.39, 0.29) is 12.2 Å². The molecular formula is C9H10F3NO3S2. The van der Waals surface area contributed by atoms with E-state index in [0.29, 0.717) is 14.9 Å². The van der Waals surface area contributed by atoms with Crippen molar-refractivity contribution in [2.75, 3.05) is 12.4 Å². The summed E-state index contributed by atoms with van der Waals surface area (Å²) in [7, 11) is 0. The molecular weight excluding hydrogens is 291 g/mol. The van der Waals surface area contributed by atoms with Gasteiger partial charge >= 0.3 is 12.3 Å². The zero-order valence-corrected chi connectivity index (χ0v) is 10.9. The van der Waals surface area contributed by atoms with Crippen molar-refractivity contribution in [1.29, 1.82) is 0 Å². The van der Waals surface area contributed by atoms with Crippen molar-refractivity contribution in [2.24, 2.45) is 0 Å². The number of rotatable bonds is 6. The normalized spacial score (nSPS) is 11.8. The van der Waals surface area contributed by atoms with E-state index in [2.05, 4.69) is 9.72 Å². The number of carboxylic acids is 1. The van der Waals surface area contributed by atoms with Crippen molar-refractivity contribution in [3.8, 4) is 0 Å². The van der Waals surface area contributed by atoms with E-state index in [1.165, 1.54) is 11.3 Å². The van der Waals surface area contributed by atoms with Gasteiger partial charge in [0.05, 0.1) is 18.7 Å². The van der Waals surface area contributed by atoms with Gasteiger partial charge in [0.2, 0.25) is 0 Å². The number of aryl methyl sites for hydroxylation is 1. The lowest BCUT2D eigenvalue weighted by atomic mass is 10.3. The van der Waals surface area contributed by atoms with Crippen molar-refractivity contribution in [2.45, 2.75) is 24.0 Å². The quantitative estimate of drug-likeness (QED) is 0.646. The first-order valence-electron chi connectivity index (χ1n) is 4.79. The van der Waals surface area contributed by atoms with Crippen LogP contribution in [-0.4, -0.2) is 34.8 Å². The molecule has 18 heavy (non-hydrogen) atoms. The highest BCUT2D eigenvalue weighted by Gasteiger charge is 2.28. The SMILES string of the molecule is Cc1nc(SCCOC(F)(F)F)sc1CC(=O)O. The van der Waals surface area contributed by atoms with Crippen LogP contribution in [0.3, 0.4) is 0 Å². The van der Waals surface area contributed by atoms with Crippen LogP contribution in [-0.2, 0) is 16.0 Å². The molecule has 4 nitrogen and oxygen atoms in total. The highest BCUT2D eigenvalue weighted by Crippen LogP contribution is 2.28. The van der Waals surface area contributed by atoms with E-state index in [1.807, 2.05) is 0 Å². The molecule has 1 heterocycles. The van der Waals surface area contributed by atoms with Gasteiger partial charge in [0.25, 0.3) is 0 Å². The van der Waals surface area contributed by atoms with Gasteiger partial charge in [0.1, 0.15) is 4.34 Å². The number of carbonyl (C=O) groups is 1. The summed E-state index contributed by atoms with van der Waals surface area (Å²) in [4.78, 5) is 15.2. The third-order valence-electron chi connectivity index (χ3n) is 1.76. The minimum absolute atomic E-state index is 0.110. The number of thiazole rings is 1. The zero-order valence-electron chi connectivity index (χ0n) is 9.28. The van der Waals surface area contributed by atoms with E-state index < -0.39 is 18.9 Å². The van der Waals surface area contributed by atoms with Gasteiger partial charge in [-0.15, -0.1) is 24.5 Å². The molecule has 0 radical (unpaired) electrons. The number of thioether (sulfide) groups is 1. The molecule has 0 aliphatic heterocycles. The molecule has 0 spiro atoms. The number of ether oxygens (including phenoxy) is 1. The Morgan fingerprint density at radius 3 is 2.78 bits per heavy atom. The molecule has 1 aromatic heterocycles. The van der Waals surface area contributed by atoms with Crippen LogP contribution in [0.15, 0.2) is 4.34 Å². The Labute approximate surface area is 109 Å². The number of nitrogens with zero attached hydrogens (tertiary/aromatic N) is 1. The molecule has 0 saturated carbocycles. The summed E-state index contributed by atoms with van der Waals surface area (Å²) in [6, 6.07) is 0. The average Bonchev–Trinajstić information content (AvgIpc) is 2.52. The van der Waals surface area contributed by atoms with Gasteiger partial charge in [-0.05, 0) is 6.92 Å². The lowest BCUT2D eigenvalue weighted by Gasteiger charge is -2.05. The number of aromatic nitrogens is 1. The largest absolute Gasteiger partial charge is 0.522 e. The summed E-state index contributed by atoms with van der Waals surface area (Å²) in [5.41, 5.74) is 0.599. The van der Waals surface area contributed by atoms with Crippen LogP contribution in [0.25, 0.3) is 0 Å². The summed E-state index contributed by atoms with van der Waals surface area (Å²) in [6.45, 7) is 1.21. The minimum Gasteiger partial charge on any atom is -0.481 e. The Bertz CT molecular complexity index is 420. The van der Waals surface area contributed by atoms with Crippen molar-refractivity contribution in [1.82, 2.24) is 4.98 Å². The second kappa shape index (κ2) is 6.39. The van der Waals surface area contributed by atoms with Crippen LogP contribution in [0.2, 0.25) is 0 Å². The predicted octanol–water partition coefficient (Wildman–Crippen LogP) is 2.71. The predicted molar refractivity (Wildman–Crippen MR) is 60.9 cm³/mol. The standard InChI is InChI=1S/C9H10F3NO3S2/c1-5-6(4-7(14)15)18-8(13-5)17-3-2-16-9(10,11)12/h2-4H2,1H3,(H,14,15). The summed E-state index contributed by atoms with van der Waals surface area (Å²) in [5, 5.41) is 8.63. The maximum Gasteiger partial charge on any atom is 0.522 e. The first-order valence-corrected chi connectivity index (χ1v) is 6.59. The molecule has 0 amide bonds. The Kier molecular flexibility index (Phi) is 5.42. The Morgan fingerprint density at radius 2 is 2.22 bits per heavy atom. The molecule has 0 unspecified atom stereocenters. The second-order valence-corrected chi connectivity index (χ2v) is 5.63. The summed E-state index contributed by atoms with van der Waals surface area (Å²) < 4.78 is 39.2. The maximum atomic E-state index is 11.7. The van der Waals surface area contributed by atoms with Gasteiger partial charge in [-0.3, -0.25) is 9.53 Å². The van der Waals surface area contributed by atoms with Crippen LogP contribution in [0.1, 0.15) is 10.6 Å². The van der Waals surface area contributed by atoms with Gasteiger partial charge in [-0.2, -0.15) is 0 Å². The summed E-state index contributed by atoms with van der Waals surface area (Å²) in [6.07, 6.45) is -4.74. The van der Waals surface area contributed by atoms with Crippen LogP contribution in [0.4, 0.5) is 13.2 Å². The molecule has 0 bridgehead atoms. The van der Waals surface area contributed by atoms with E-state index in [4.69, 9.17) is 5.11 Å². The first kappa shape index (κ1) is 15.3. The third-order valence-corrected chi connectivity index (χ3v) is 4.02. The smallest absolute Gasteiger partial charge is 0.481 e. The van der Waals surface area contributed by atoms with Crippen LogP contribution >= 0.6 is 23.1 Å². The van der Waals surface area contributed by atoms with Gasteiger partial charge in [0.15, 0.2) is 0 Å². The average molecular weight is 301 g/mol. The van der Waals surface area contributed by atoms with Crippen LogP contribution in [0, 0.1) is 6.92 Å². The fourth-order valence-corrected chi connectivity index (χ4v) is 3.16. The molecule has 0 atom stereocenters. The van der Waals surface area contributed by atoms with Gasteiger partial charge in [-0.1, -0.05) is 11.8 Å². The van der Waals surface area contributed by atoms with Crippen molar-refractivity contribution >= 4 is 29.1 Å². The molecule has 102 valence electrons. The van der Waals surface area contributed by atoms with Crippen LogP contribution in [0.5, 0.6) is 0 Å². The number of halogens is 3. The fraction of sp³-hybridized carbons (Fsp3) is 0.556. The Balaban J connectivity index is 2.41. The van der Waals surface area contributed by atoms with Crippen molar-refractivity contribution in [3.63, 3.8) is 0 Å². The fourth-order valence-electron chi connectivity index (χ4n) is 1.05. The highest BCUT2D eigenvalue weighted by atomic mass is 32.2. The summed E-state index contributed by atoms with van der Waals surface area (Å²) >= 11 is 2.29. The molecule has 0 aromatic carbocycles. The first-order chi connectivity index (χ1) is 8.28. The van der Waals surface area contributed by atoms with E-state index in [1.54, 1.807) is 6.92 Å². The second-order valence-electron chi connectivity index (χ2n) is 3.20. The van der Waals surface area contributed by atoms with Crippen molar-refractivity contribution in [3.05, 3.63) is 10.6 Å². The Hall–Kier alpha value is -0.800. The monoisotopic (exact) mass is 301 g/mol. The lowest BCUT2D eigenvalue weighted by molar-refractivity contribution is -0.322. The maximum absolute atomic E-state index is 11.7. The van der Waals surface area contributed by atoms with E-state index in [9.17, 15) is 18.0 Å². The lowest BCUT2D eigenvalue weighted by Crippen LogP contribution is -2.15. The number of alkyl halides is 3. The Morgan fingerprint density at radius 1 is 1.56 bits per heavy atom. The molecule has 1 rings (SSSR count). The van der Waals surface area contributed by atoms with Crippen LogP contribution < -0.4 is 0 Å². The van der Waals surface area contributed by atoms with Gasteiger partial charge in [-0.25, -0.2) is 4.98 Å². The minimum atomic E-state index is -4.62. The van der Waals surface area contributed by atoms with Crippen molar-refractivity contribution < 1.29 is 27.8 Å². The number of hydrogen-bond acceptors (Lipinski definition) is 5. The molecule has 0 fully saturated rings. The number of aliphatic carboxylic acids is 1. The number of carboxylic acid groups (broad SMARTS) is 1. The highest BCUT2D eigenvalue weighted by molar-refractivity contribution is 8.01. The van der Waals surface area contributed by atoms with E-state index in [0.717, 1.165) is 11.8 Å². The molecule has 0 saturated heterocycles. The topological polar surface area (TPSA) is 59.4 Å². The molecule has 0 aliphatic carbocycles. The summed E-state index contributed by atoms with van der Waals surface area (Å²) in [5.74, 6) is -0.849. The molecule has 1 N–H and O–H groups in total. The van der Waals surface area contributed by atoms with Gasteiger partial charge < -0.3 is 5.11 Å².